The molecule has 6 heteroatoms. The standard InChI is InChI=1S/C15H18N2O3S/c1-4-15(2,3)17-13(20)10-7-5-6-8-11(10)16-14(17)21-9-12(18)19/h5-8H,4,9H2,1-3H3,(H,18,19). The molecule has 5 nitrogen and oxygen atoms in total. The number of carboxylic acids is 1. The Morgan fingerprint density at radius 2 is 2.05 bits per heavy atom. The number of para-hydroxylation sites is 1. The summed E-state index contributed by atoms with van der Waals surface area (Å²) >= 11 is 1.08. The van der Waals surface area contributed by atoms with E-state index in [0.29, 0.717) is 16.1 Å². The van der Waals surface area contributed by atoms with Gasteiger partial charge in [-0.15, -0.1) is 0 Å². The van der Waals surface area contributed by atoms with E-state index in [9.17, 15) is 9.59 Å². The Hall–Kier alpha value is -1.82. The lowest BCUT2D eigenvalue weighted by Gasteiger charge is -2.28. The normalized spacial score (nSPS) is 11.8. The topological polar surface area (TPSA) is 72.2 Å². The van der Waals surface area contributed by atoms with Crippen LogP contribution in [0.2, 0.25) is 0 Å². The Bertz CT molecular complexity index is 737. The fraction of sp³-hybridized carbons (Fsp3) is 0.400. The molecule has 2 rings (SSSR count). The van der Waals surface area contributed by atoms with Crippen LogP contribution in [0.3, 0.4) is 0 Å². The Kier molecular flexibility index (Phi) is 4.37. The number of rotatable bonds is 5. The molecule has 1 aromatic heterocycles. The van der Waals surface area contributed by atoms with Crippen LogP contribution in [0.25, 0.3) is 10.9 Å². The molecule has 0 amide bonds. The minimum atomic E-state index is -0.928. The Morgan fingerprint density at radius 1 is 1.38 bits per heavy atom. The second-order valence-electron chi connectivity index (χ2n) is 5.40. The van der Waals surface area contributed by atoms with Crippen molar-refractivity contribution in [3.63, 3.8) is 0 Å². The number of carboxylic acid groups (broad SMARTS) is 1. The highest BCUT2D eigenvalue weighted by atomic mass is 32.2. The second kappa shape index (κ2) is 5.89. The molecule has 1 aromatic carbocycles. The fourth-order valence-corrected chi connectivity index (χ4v) is 2.90. The van der Waals surface area contributed by atoms with Crippen molar-refractivity contribution in [1.82, 2.24) is 9.55 Å². The number of aliphatic carboxylic acids is 1. The molecule has 0 saturated heterocycles. The highest BCUT2D eigenvalue weighted by Gasteiger charge is 2.25. The first-order chi connectivity index (χ1) is 9.86. The summed E-state index contributed by atoms with van der Waals surface area (Å²) in [6, 6.07) is 7.14. The van der Waals surface area contributed by atoms with Gasteiger partial charge in [0, 0.05) is 5.54 Å². The Balaban J connectivity index is 2.71. The van der Waals surface area contributed by atoms with Crippen LogP contribution in [0.5, 0.6) is 0 Å². The highest BCUT2D eigenvalue weighted by Crippen LogP contribution is 2.26. The summed E-state index contributed by atoms with van der Waals surface area (Å²) in [6.07, 6.45) is 0.744. The van der Waals surface area contributed by atoms with E-state index in [0.717, 1.165) is 18.2 Å². The Labute approximate surface area is 127 Å². The van der Waals surface area contributed by atoms with Gasteiger partial charge in [-0.2, -0.15) is 0 Å². The van der Waals surface area contributed by atoms with Gasteiger partial charge in [0.1, 0.15) is 0 Å². The molecule has 0 saturated carbocycles. The van der Waals surface area contributed by atoms with E-state index in [1.165, 1.54) is 0 Å². The van der Waals surface area contributed by atoms with Gasteiger partial charge in [-0.05, 0) is 32.4 Å². The van der Waals surface area contributed by atoms with Gasteiger partial charge in [-0.1, -0.05) is 30.8 Å². The third kappa shape index (κ3) is 3.10. The second-order valence-corrected chi connectivity index (χ2v) is 6.34. The molecule has 0 atom stereocenters. The molecule has 0 aliphatic heterocycles. The summed E-state index contributed by atoms with van der Waals surface area (Å²) in [4.78, 5) is 28.1. The monoisotopic (exact) mass is 306 g/mol. The van der Waals surface area contributed by atoms with Crippen molar-refractivity contribution in [3.8, 4) is 0 Å². The van der Waals surface area contributed by atoms with Gasteiger partial charge >= 0.3 is 5.97 Å². The maximum Gasteiger partial charge on any atom is 0.313 e. The third-order valence-electron chi connectivity index (χ3n) is 3.54. The summed E-state index contributed by atoms with van der Waals surface area (Å²) in [5.41, 5.74) is 0.0495. The van der Waals surface area contributed by atoms with Gasteiger partial charge in [0.15, 0.2) is 5.16 Å². The van der Waals surface area contributed by atoms with Gasteiger partial charge < -0.3 is 5.11 Å². The van der Waals surface area contributed by atoms with E-state index < -0.39 is 11.5 Å². The number of nitrogens with zero attached hydrogens (tertiary/aromatic N) is 2. The number of hydrogen-bond donors (Lipinski definition) is 1. The number of aromatic nitrogens is 2. The van der Waals surface area contributed by atoms with Crippen molar-refractivity contribution >= 4 is 28.6 Å². The van der Waals surface area contributed by atoms with Crippen LogP contribution >= 0.6 is 11.8 Å². The van der Waals surface area contributed by atoms with Crippen LogP contribution in [0, 0.1) is 0 Å². The van der Waals surface area contributed by atoms with Gasteiger partial charge in [-0.25, -0.2) is 4.98 Å². The van der Waals surface area contributed by atoms with E-state index in [-0.39, 0.29) is 11.3 Å². The zero-order chi connectivity index (χ0) is 15.6. The van der Waals surface area contributed by atoms with Crippen molar-refractivity contribution in [2.75, 3.05) is 5.75 Å². The van der Waals surface area contributed by atoms with Crippen molar-refractivity contribution in [2.45, 2.75) is 37.9 Å². The lowest BCUT2D eigenvalue weighted by atomic mass is 10.0. The predicted octanol–water partition coefficient (Wildman–Crippen LogP) is 2.72. The summed E-state index contributed by atoms with van der Waals surface area (Å²) in [6.45, 7) is 5.90. The average Bonchev–Trinajstić information content (AvgIpc) is 2.45. The molecule has 0 spiro atoms. The van der Waals surface area contributed by atoms with Crippen molar-refractivity contribution in [3.05, 3.63) is 34.6 Å². The van der Waals surface area contributed by atoms with Gasteiger partial charge in [-0.3, -0.25) is 14.2 Å². The molecule has 0 unspecified atom stereocenters. The van der Waals surface area contributed by atoms with E-state index in [2.05, 4.69) is 4.98 Å². The first-order valence-electron chi connectivity index (χ1n) is 6.73. The zero-order valence-electron chi connectivity index (χ0n) is 12.3. The van der Waals surface area contributed by atoms with Crippen LogP contribution in [0.1, 0.15) is 27.2 Å². The van der Waals surface area contributed by atoms with Crippen LogP contribution in [-0.4, -0.2) is 26.4 Å². The number of fused-ring (bicyclic) bond motifs is 1. The SMILES string of the molecule is CCC(C)(C)n1c(SCC(=O)O)nc2ccccc2c1=O. The maximum atomic E-state index is 12.8. The molecule has 0 radical (unpaired) electrons. The zero-order valence-corrected chi connectivity index (χ0v) is 13.1. The molecule has 0 fully saturated rings. The summed E-state index contributed by atoms with van der Waals surface area (Å²) in [5, 5.41) is 9.88. The molecule has 1 N–H and O–H groups in total. The highest BCUT2D eigenvalue weighted by molar-refractivity contribution is 7.99. The largest absolute Gasteiger partial charge is 0.481 e. The summed E-state index contributed by atoms with van der Waals surface area (Å²) in [7, 11) is 0. The van der Waals surface area contributed by atoms with E-state index in [1.54, 1.807) is 22.8 Å². The lowest BCUT2D eigenvalue weighted by molar-refractivity contribution is -0.133. The third-order valence-corrected chi connectivity index (χ3v) is 4.46. The molecule has 112 valence electrons. The number of carbonyl (C=O) groups is 1. The minimum absolute atomic E-state index is 0.120. The number of thioether (sulfide) groups is 1. The number of hydrogen-bond acceptors (Lipinski definition) is 4. The molecule has 2 aromatic rings. The van der Waals surface area contributed by atoms with Crippen molar-refractivity contribution in [2.24, 2.45) is 0 Å². The van der Waals surface area contributed by atoms with E-state index in [1.807, 2.05) is 26.8 Å². The number of benzene rings is 1. The van der Waals surface area contributed by atoms with Crippen LogP contribution in [0.4, 0.5) is 0 Å². The average molecular weight is 306 g/mol. The van der Waals surface area contributed by atoms with Crippen molar-refractivity contribution < 1.29 is 9.90 Å². The maximum absolute atomic E-state index is 12.8. The molecule has 0 aliphatic rings. The van der Waals surface area contributed by atoms with E-state index >= 15 is 0 Å². The quantitative estimate of drug-likeness (QED) is 0.679. The molecular formula is C15H18N2O3S. The molecular weight excluding hydrogens is 288 g/mol. The molecule has 21 heavy (non-hydrogen) atoms. The van der Waals surface area contributed by atoms with Gasteiger partial charge in [0.05, 0.1) is 16.7 Å². The summed E-state index contributed by atoms with van der Waals surface area (Å²) in [5.74, 6) is -1.05. The molecule has 0 aliphatic carbocycles. The molecule has 1 heterocycles. The molecule has 0 bridgehead atoms. The minimum Gasteiger partial charge on any atom is -0.481 e. The predicted molar refractivity (Wildman–Crippen MR) is 84.0 cm³/mol. The van der Waals surface area contributed by atoms with Crippen LogP contribution < -0.4 is 5.56 Å². The van der Waals surface area contributed by atoms with Gasteiger partial charge in [0.25, 0.3) is 5.56 Å². The summed E-state index contributed by atoms with van der Waals surface area (Å²) < 4.78 is 1.61. The van der Waals surface area contributed by atoms with Crippen LogP contribution in [0.15, 0.2) is 34.2 Å². The smallest absolute Gasteiger partial charge is 0.313 e. The Morgan fingerprint density at radius 3 is 2.67 bits per heavy atom. The van der Waals surface area contributed by atoms with Crippen LogP contribution in [-0.2, 0) is 10.3 Å². The fourth-order valence-electron chi connectivity index (χ4n) is 2.03. The van der Waals surface area contributed by atoms with Crippen molar-refractivity contribution in [1.29, 1.82) is 0 Å². The first kappa shape index (κ1) is 15.6. The lowest BCUT2D eigenvalue weighted by Crippen LogP contribution is -2.37. The first-order valence-corrected chi connectivity index (χ1v) is 7.72. The van der Waals surface area contributed by atoms with E-state index in [4.69, 9.17) is 5.11 Å². The van der Waals surface area contributed by atoms with Gasteiger partial charge in [0.2, 0.25) is 0 Å².